The van der Waals surface area contributed by atoms with Crippen molar-refractivity contribution in [2.75, 3.05) is 43.8 Å². The van der Waals surface area contributed by atoms with Gasteiger partial charge in [-0.25, -0.2) is 9.37 Å². The monoisotopic (exact) mass is 434 g/mol. The van der Waals surface area contributed by atoms with Gasteiger partial charge in [0.2, 0.25) is 17.0 Å². The molecule has 1 aromatic carbocycles. The molecule has 2 amide bonds. The van der Waals surface area contributed by atoms with E-state index in [-0.39, 0.29) is 35.3 Å². The van der Waals surface area contributed by atoms with E-state index >= 15 is 0 Å². The van der Waals surface area contributed by atoms with E-state index in [1.54, 1.807) is 4.90 Å². The van der Waals surface area contributed by atoms with Crippen molar-refractivity contribution >= 4 is 29.3 Å². The Labute approximate surface area is 179 Å². The summed E-state index contributed by atoms with van der Waals surface area (Å²) in [6.45, 7) is 8.78. The first kappa shape index (κ1) is 22.2. The summed E-state index contributed by atoms with van der Waals surface area (Å²) in [6, 6.07) is 5.67. The Kier molecular flexibility index (Phi) is 7.09. The number of aromatic nitrogens is 3. The number of anilines is 1. The van der Waals surface area contributed by atoms with Crippen LogP contribution in [0.15, 0.2) is 29.4 Å². The smallest absolute Gasteiger partial charge is 0.238 e. The highest BCUT2D eigenvalue weighted by atomic mass is 32.2. The average molecular weight is 435 g/mol. The molecule has 1 saturated heterocycles. The van der Waals surface area contributed by atoms with Crippen LogP contribution in [0.5, 0.6) is 0 Å². The van der Waals surface area contributed by atoms with Gasteiger partial charge in [-0.05, 0) is 24.3 Å². The Hall–Kier alpha value is -2.46. The Morgan fingerprint density at radius 1 is 1.17 bits per heavy atom. The Morgan fingerprint density at radius 2 is 1.83 bits per heavy atom. The maximum absolute atomic E-state index is 12.9. The van der Waals surface area contributed by atoms with Crippen molar-refractivity contribution in [2.24, 2.45) is 0 Å². The highest BCUT2D eigenvalue weighted by Gasteiger charge is 2.24. The molecule has 2 N–H and O–H groups in total. The van der Waals surface area contributed by atoms with Crippen LogP contribution in [-0.2, 0) is 15.0 Å². The zero-order chi connectivity index (χ0) is 21.7. The van der Waals surface area contributed by atoms with Crippen molar-refractivity contribution in [3.8, 4) is 0 Å². The van der Waals surface area contributed by atoms with Crippen molar-refractivity contribution < 1.29 is 14.0 Å². The van der Waals surface area contributed by atoms with Crippen molar-refractivity contribution in [1.82, 2.24) is 25.0 Å². The Morgan fingerprint density at radius 3 is 2.43 bits per heavy atom. The van der Waals surface area contributed by atoms with E-state index < -0.39 is 0 Å². The van der Waals surface area contributed by atoms with Crippen LogP contribution in [0.1, 0.15) is 26.6 Å². The van der Waals surface area contributed by atoms with Gasteiger partial charge in [0.25, 0.3) is 0 Å². The molecule has 0 saturated carbocycles. The number of nitrogens with zero attached hydrogens (tertiary/aromatic N) is 4. The second kappa shape index (κ2) is 9.57. The fraction of sp³-hybridized carbons (Fsp3) is 0.500. The van der Waals surface area contributed by atoms with Gasteiger partial charge in [0.1, 0.15) is 11.6 Å². The molecule has 30 heavy (non-hydrogen) atoms. The molecule has 0 radical (unpaired) electrons. The number of H-pyrrole nitrogens is 1. The fourth-order valence-corrected chi connectivity index (χ4v) is 3.66. The number of carbonyl (C=O) groups excluding carboxylic acids is 2. The predicted octanol–water partition coefficient (Wildman–Crippen LogP) is 2.12. The molecule has 0 aliphatic carbocycles. The van der Waals surface area contributed by atoms with Gasteiger partial charge in [0, 0.05) is 37.3 Å². The van der Waals surface area contributed by atoms with E-state index in [0.717, 1.165) is 5.82 Å². The van der Waals surface area contributed by atoms with E-state index in [1.807, 2.05) is 25.7 Å². The third-order valence-electron chi connectivity index (χ3n) is 4.72. The molecule has 1 aliphatic rings. The highest BCUT2D eigenvalue weighted by molar-refractivity contribution is 7.99. The van der Waals surface area contributed by atoms with Crippen LogP contribution in [-0.4, -0.2) is 75.3 Å². The molecular weight excluding hydrogens is 407 g/mol. The SMILES string of the molecule is CC(C)(C)c1nc(SCC(=O)N2CCN(CC(=O)Nc3ccc(F)cc3)CC2)n[nH]1. The second-order valence-electron chi connectivity index (χ2n) is 8.22. The number of thioether (sulfide) groups is 1. The third-order valence-corrected chi connectivity index (χ3v) is 5.55. The summed E-state index contributed by atoms with van der Waals surface area (Å²) in [5.74, 6) is 0.621. The lowest BCUT2D eigenvalue weighted by Gasteiger charge is -2.34. The summed E-state index contributed by atoms with van der Waals surface area (Å²) >= 11 is 1.32. The van der Waals surface area contributed by atoms with Crippen LogP contribution in [0.25, 0.3) is 0 Å². The number of hydrogen-bond acceptors (Lipinski definition) is 6. The van der Waals surface area contributed by atoms with Gasteiger partial charge in [-0.1, -0.05) is 32.5 Å². The number of aromatic amines is 1. The molecular formula is C20H27FN6O2S. The predicted molar refractivity (Wildman–Crippen MR) is 114 cm³/mol. The minimum absolute atomic E-state index is 0.0394. The van der Waals surface area contributed by atoms with Crippen LogP contribution in [0.3, 0.4) is 0 Å². The van der Waals surface area contributed by atoms with Gasteiger partial charge in [-0.15, -0.1) is 5.10 Å². The summed E-state index contributed by atoms with van der Waals surface area (Å²) in [5, 5.41) is 10.4. The minimum Gasteiger partial charge on any atom is -0.339 e. The van der Waals surface area contributed by atoms with Crippen LogP contribution in [0.4, 0.5) is 10.1 Å². The molecule has 10 heteroatoms. The molecule has 2 aromatic rings. The number of carbonyl (C=O) groups is 2. The standard InChI is InChI=1S/C20H27FN6O2S/c1-20(2,3)18-23-19(25-24-18)30-13-17(29)27-10-8-26(9-11-27)12-16(28)22-15-6-4-14(21)5-7-15/h4-7H,8-13H2,1-3H3,(H,22,28)(H,23,24,25). The summed E-state index contributed by atoms with van der Waals surface area (Å²) < 4.78 is 12.9. The molecule has 0 unspecified atom stereocenters. The largest absolute Gasteiger partial charge is 0.339 e. The van der Waals surface area contributed by atoms with Crippen molar-refractivity contribution in [3.63, 3.8) is 0 Å². The van der Waals surface area contributed by atoms with Gasteiger partial charge < -0.3 is 10.2 Å². The first-order chi connectivity index (χ1) is 14.2. The maximum Gasteiger partial charge on any atom is 0.238 e. The lowest BCUT2D eigenvalue weighted by Crippen LogP contribution is -2.50. The molecule has 1 aromatic heterocycles. The van der Waals surface area contributed by atoms with E-state index in [1.165, 1.54) is 36.0 Å². The van der Waals surface area contributed by atoms with E-state index in [4.69, 9.17) is 0 Å². The lowest BCUT2D eigenvalue weighted by atomic mass is 9.96. The van der Waals surface area contributed by atoms with Gasteiger partial charge in [0.15, 0.2) is 0 Å². The molecule has 1 aliphatic heterocycles. The van der Waals surface area contributed by atoms with Crippen LogP contribution < -0.4 is 5.32 Å². The third kappa shape index (κ3) is 6.27. The molecule has 162 valence electrons. The van der Waals surface area contributed by atoms with E-state index in [0.29, 0.717) is 37.0 Å². The van der Waals surface area contributed by atoms with E-state index in [9.17, 15) is 14.0 Å². The minimum atomic E-state index is -0.343. The van der Waals surface area contributed by atoms with Gasteiger partial charge in [-0.3, -0.25) is 19.6 Å². The highest BCUT2D eigenvalue weighted by Crippen LogP contribution is 2.21. The average Bonchev–Trinajstić information content (AvgIpc) is 3.18. The Balaban J connectivity index is 1.39. The maximum atomic E-state index is 12.9. The van der Waals surface area contributed by atoms with Gasteiger partial charge >= 0.3 is 0 Å². The molecule has 0 atom stereocenters. The Bertz CT molecular complexity index is 872. The fourth-order valence-electron chi connectivity index (χ4n) is 2.96. The van der Waals surface area contributed by atoms with Crippen molar-refractivity contribution in [1.29, 1.82) is 0 Å². The number of rotatable bonds is 6. The first-order valence-corrected chi connectivity index (χ1v) is 10.8. The number of hydrogen-bond donors (Lipinski definition) is 2. The quantitative estimate of drug-likeness (QED) is 0.677. The van der Waals surface area contributed by atoms with Gasteiger partial charge in [-0.2, -0.15) is 0 Å². The molecule has 0 bridgehead atoms. The molecule has 1 fully saturated rings. The second-order valence-corrected chi connectivity index (χ2v) is 9.16. The molecule has 8 nitrogen and oxygen atoms in total. The van der Waals surface area contributed by atoms with Crippen LogP contribution >= 0.6 is 11.8 Å². The molecule has 2 heterocycles. The number of halogens is 1. The topological polar surface area (TPSA) is 94.2 Å². The van der Waals surface area contributed by atoms with Crippen LogP contribution in [0, 0.1) is 5.82 Å². The molecule has 0 spiro atoms. The number of piperazine rings is 1. The van der Waals surface area contributed by atoms with Crippen LogP contribution in [0.2, 0.25) is 0 Å². The summed E-state index contributed by atoms with van der Waals surface area (Å²) in [5.41, 5.74) is 0.448. The molecule has 3 rings (SSSR count). The van der Waals surface area contributed by atoms with Crippen molar-refractivity contribution in [2.45, 2.75) is 31.3 Å². The zero-order valence-corrected chi connectivity index (χ0v) is 18.3. The number of benzene rings is 1. The van der Waals surface area contributed by atoms with E-state index in [2.05, 4.69) is 20.5 Å². The van der Waals surface area contributed by atoms with Crippen molar-refractivity contribution in [3.05, 3.63) is 35.9 Å². The summed E-state index contributed by atoms with van der Waals surface area (Å²) in [4.78, 5) is 32.9. The summed E-state index contributed by atoms with van der Waals surface area (Å²) in [7, 11) is 0. The number of amides is 2. The lowest BCUT2D eigenvalue weighted by molar-refractivity contribution is -0.130. The first-order valence-electron chi connectivity index (χ1n) is 9.82. The normalized spacial score (nSPS) is 15.3. The number of nitrogens with one attached hydrogen (secondary N) is 2. The zero-order valence-electron chi connectivity index (χ0n) is 17.4. The summed E-state index contributed by atoms with van der Waals surface area (Å²) in [6.07, 6.45) is 0. The van der Waals surface area contributed by atoms with Gasteiger partial charge in [0.05, 0.1) is 12.3 Å².